The highest BCUT2D eigenvalue weighted by Crippen LogP contribution is 2.23. The molecule has 136 valence electrons. The molecule has 0 aliphatic rings. The molecule has 0 fully saturated rings. The van der Waals surface area contributed by atoms with Crippen LogP contribution in [0.2, 0.25) is 0 Å². The predicted octanol–water partition coefficient (Wildman–Crippen LogP) is 3.60. The number of ether oxygens (including phenoxy) is 1. The normalized spacial score (nSPS) is 11.6. The highest BCUT2D eigenvalue weighted by atomic mass is 32.2. The molecule has 0 spiro atoms. The van der Waals surface area contributed by atoms with E-state index in [1.54, 1.807) is 19.2 Å². The number of benzene rings is 2. The molecule has 1 aromatic heterocycles. The van der Waals surface area contributed by atoms with Crippen molar-refractivity contribution in [3.05, 3.63) is 65.9 Å². The van der Waals surface area contributed by atoms with Gasteiger partial charge in [-0.1, -0.05) is 30.3 Å². The first-order chi connectivity index (χ1) is 12.5. The topological polar surface area (TPSA) is 68.3 Å². The maximum atomic E-state index is 12.5. The Kier molecular flexibility index (Phi) is 5.54. The highest BCUT2D eigenvalue weighted by Gasteiger charge is 2.16. The predicted molar refractivity (Wildman–Crippen MR) is 103 cm³/mol. The van der Waals surface area contributed by atoms with E-state index < -0.39 is 10.0 Å². The smallest absolute Gasteiger partial charge is 0.240 e. The Bertz CT molecular complexity index is 1010. The number of aryl methyl sites for hydroxylation is 2. The van der Waals surface area contributed by atoms with Crippen LogP contribution in [0.25, 0.3) is 10.9 Å². The number of rotatable bonds is 7. The third-order valence-electron chi connectivity index (χ3n) is 4.10. The SMILES string of the molecule is Cc1ccc(C)c(S(=O)(=O)NCCCOc2cccc3cccnc23)c1. The van der Waals surface area contributed by atoms with Crippen molar-refractivity contribution < 1.29 is 13.2 Å². The van der Waals surface area contributed by atoms with Crippen molar-refractivity contribution in [3.63, 3.8) is 0 Å². The van der Waals surface area contributed by atoms with Gasteiger partial charge < -0.3 is 4.74 Å². The summed E-state index contributed by atoms with van der Waals surface area (Å²) >= 11 is 0. The molecule has 0 amide bonds. The molecule has 1 N–H and O–H groups in total. The molecule has 0 unspecified atom stereocenters. The average molecular weight is 370 g/mol. The second kappa shape index (κ2) is 7.85. The quantitative estimate of drug-likeness (QED) is 0.645. The van der Waals surface area contributed by atoms with Crippen LogP contribution in [-0.2, 0) is 10.0 Å². The molecular formula is C20H22N2O3S. The lowest BCUT2D eigenvalue weighted by Crippen LogP contribution is -2.26. The van der Waals surface area contributed by atoms with E-state index in [0.29, 0.717) is 30.2 Å². The van der Waals surface area contributed by atoms with Crippen molar-refractivity contribution in [1.82, 2.24) is 9.71 Å². The van der Waals surface area contributed by atoms with Crippen molar-refractivity contribution in [2.75, 3.05) is 13.2 Å². The van der Waals surface area contributed by atoms with E-state index >= 15 is 0 Å². The number of nitrogens with one attached hydrogen (secondary N) is 1. The molecule has 0 saturated heterocycles. The maximum Gasteiger partial charge on any atom is 0.240 e. The minimum atomic E-state index is -3.51. The largest absolute Gasteiger partial charge is 0.491 e. The van der Waals surface area contributed by atoms with Crippen molar-refractivity contribution in [1.29, 1.82) is 0 Å². The standard InChI is InChI=1S/C20H22N2O3S/c1-15-9-10-16(2)19(14-15)26(23,24)22-12-5-13-25-18-8-3-6-17-7-4-11-21-20(17)18/h3-4,6-11,14,22H,5,12-13H2,1-2H3. The van der Waals surface area contributed by atoms with Crippen LogP contribution in [0.5, 0.6) is 5.75 Å². The van der Waals surface area contributed by atoms with E-state index in [1.165, 1.54) is 0 Å². The zero-order chi connectivity index (χ0) is 18.6. The number of fused-ring (bicyclic) bond motifs is 1. The second-order valence-electron chi connectivity index (χ2n) is 6.20. The van der Waals surface area contributed by atoms with E-state index in [2.05, 4.69) is 9.71 Å². The fraction of sp³-hybridized carbons (Fsp3) is 0.250. The first-order valence-electron chi connectivity index (χ1n) is 8.51. The molecule has 3 aromatic rings. The molecule has 0 bridgehead atoms. The van der Waals surface area contributed by atoms with Crippen molar-refractivity contribution in [2.24, 2.45) is 0 Å². The minimum absolute atomic E-state index is 0.313. The minimum Gasteiger partial charge on any atom is -0.491 e. The van der Waals surface area contributed by atoms with Gasteiger partial charge in [0, 0.05) is 18.1 Å². The van der Waals surface area contributed by atoms with E-state index in [9.17, 15) is 8.42 Å². The fourth-order valence-corrected chi connectivity index (χ4v) is 4.13. The molecule has 5 nitrogen and oxygen atoms in total. The van der Waals surface area contributed by atoms with Gasteiger partial charge in [0.15, 0.2) is 0 Å². The summed E-state index contributed by atoms with van der Waals surface area (Å²) in [6.07, 6.45) is 2.29. The van der Waals surface area contributed by atoms with Crippen molar-refractivity contribution >= 4 is 20.9 Å². The number of aromatic nitrogens is 1. The first-order valence-corrected chi connectivity index (χ1v) is 9.99. The summed E-state index contributed by atoms with van der Waals surface area (Å²) in [6, 6.07) is 15.0. The first kappa shape index (κ1) is 18.4. The lowest BCUT2D eigenvalue weighted by Gasteiger charge is -2.11. The van der Waals surface area contributed by atoms with Gasteiger partial charge in [0.25, 0.3) is 0 Å². The van der Waals surface area contributed by atoms with Gasteiger partial charge in [-0.15, -0.1) is 0 Å². The number of hydrogen-bond donors (Lipinski definition) is 1. The molecule has 2 aromatic carbocycles. The van der Waals surface area contributed by atoms with Gasteiger partial charge in [-0.2, -0.15) is 0 Å². The van der Waals surface area contributed by atoms with Crippen LogP contribution in [-0.4, -0.2) is 26.6 Å². The Morgan fingerprint density at radius 1 is 1.08 bits per heavy atom. The van der Waals surface area contributed by atoms with Gasteiger partial charge in [-0.05, 0) is 49.6 Å². The summed E-state index contributed by atoms with van der Waals surface area (Å²) in [6.45, 7) is 4.40. The summed E-state index contributed by atoms with van der Waals surface area (Å²) < 4.78 is 33.3. The van der Waals surface area contributed by atoms with Crippen molar-refractivity contribution in [2.45, 2.75) is 25.2 Å². The third-order valence-corrected chi connectivity index (χ3v) is 5.70. The van der Waals surface area contributed by atoms with E-state index in [0.717, 1.165) is 22.0 Å². The monoisotopic (exact) mass is 370 g/mol. The molecule has 0 radical (unpaired) electrons. The zero-order valence-corrected chi connectivity index (χ0v) is 15.7. The molecule has 3 rings (SSSR count). The summed E-state index contributed by atoms with van der Waals surface area (Å²) in [7, 11) is -3.51. The molecule has 0 aliphatic heterocycles. The van der Waals surface area contributed by atoms with Gasteiger partial charge >= 0.3 is 0 Å². The number of nitrogens with zero attached hydrogens (tertiary/aromatic N) is 1. The lowest BCUT2D eigenvalue weighted by atomic mass is 10.2. The maximum absolute atomic E-state index is 12.5. The highest BCUT2D eigenvalue weighted by molar-refractivity contribution is 7.89. The Balaban J connectivity index is 1.56. The Hall–Kier alpha value is -2.44. The third kappa shape index (κ3) is 4.20. The van der Waals surface area contributed by atoms with E-state index in [4.69, 9.17) is 4.74 Å². The average Bonchev–Trinajstić information content (AvgIpc) is 2.63. The van der Waals surface area contributed by atoms with Crippen LogP contribution in [0.1, 0.15) is 17.5 Å². The zero-order valence-electron chi connectivity index (χ0n) is 14.9. The van der Waals surface area contributed by atoms with Crippen LogP contribution in [0.3, 0.4) is 0 Å². The number of hydrogen-bond acceptors (Lipinski definition) is 4. The van der Waals surface area contributed by atoms with Crippen LogP contribution in [0, 0.1) is 13.8 Å². The van der Waals surface area contributed by atoms with Gasteiger partial charge in [0.1, 0.15) is 11.3 Å². The van der Waals surface area contributed by atoms with Crippen molar-refractivity contribution in [3.8, 4) is 5.75 Å². The summed E-state index contributed by atoms with van der Waals surface area (Å²) in [5.74, 6) is 0.709. The van der Waals surface area contributed by atoms with Crippen LogP contribution in [0.4, 0.5) is 0 Å². The number of para-hydroxylation sites is 1. The summed E-state index contributed by atoms with van der Waals surface area (Å²) in [5, 5.41) is 1.01. The van der Waals surface area contributed by atoms with E-state index in [1.807, 2.05) is 49.4 Å². The Labute approximate surface area is 154 Å². The molecular weight excluding hydrogens is 348 g/mol. The fourth-order valence-electron chi connectivity index (χ4n) is 2.73. The van der Waals surface area contributed by atoms with Crippen LogP contribution < -0.4 is 9.46 Å². The molecule has 0 saturated carbocycles. The molecule has 1 heterocycles. The molecule has 0 aliphatic carbocycles. The van der Waals surface area contributed by atoms with Crippen LogP contribution >= 0.6 is 0 Å². The van der Waals surface area contributed by atoms with E-state index in [-0.39, 0.29) is 0 Å². The Morgan fingerprint density at radius 2 is 1.88 bits per heavy atom. The van der Waals surface area contributed by atoms with Crippen LogP contribution in [0.15, 0.2) is 59.6 Å². The van der Waals surface area contributed by atoms with Gasteiger partial charge in [0.05, 0.1) is 11.5 Å². The summed E-state index contributed by atoms with van der Waals surface area (Å²) in [5.41, 5.74) is 2.47. The Morgan fingerprint density at radius 3 is 2.73 bits per heavy atom. The molecule has 0 atom stereocenters. The molecule has 26 heavy (non-hydrogen) atoms. The molecule has 6 heteroatoms. The lowest BCUT2D eigenvalue weighted by molar-refractivity contribution is 0.314. The van der Waals surface area contributed by atoms with Gasteiger partial charge in [-0.3, -0.25) is 4.98 Å². The number of pyridine rings is 1. The number of sulfonamides is 1. The second-order valence-corrected chi connectivity index (χ2v) is 7.94. The van der Waals surface area contributed by atoms with Gasteiger partial charge in [-0.25, -0.2) is 13.1 Å². The van der Waals surface area contributed by atoms with Gasteiger partial charge in [0.2, 0.25) is 10.0 Å². The summed E-state index contributed by atoms with van der Waals surface area (Å²) in [4.78, 5) is 4.67.